The Bertz CT molecular complexity index is 476. The number of likely N-dealkylation sites (tertiary alicyclic amines) is 2. The van der Waals surface area contributed by atoms with Crippen LogP contribution in [0.5, 0.6) is 0 Å². The van der Waals surface area contributed by atoms with Gasteiger partial charge in [-0.2, -0.15) is 0 Å². The maximum atomic E-state index is 12.6. The minimum atomic E-state index is 0.000362. The van der Waals surface area contributed by atoms with Gasteiger partial charge in [-0.15, -0.1) is 0 Å². The van der Waals surface area contributed by atoms with Crippen molar-refractivity contribution in [2.24, 2.45) is 4.99 Å². The van der Waals surface area contributed by atoms with E-state index in [0.717, 1.165) is 71.2 Å². The molecule has 0 bridgehead atoms. The molecule has 1 atom stereocenters. The summed E-state index contributed by atoms with van der Waals surface area (Å²) in [4.78, 5) is 26.3. The second-order valence-corrected chi connectivity index (χ2v) is 7.75. The molecular weight excluding hydrogens is 328 g/mol. The first-order chi connectivity index (χ1) is 12.7. The van der Waals surface area contributed by atoms with E-state index in [1.54, 1.807) is 0 Å². The van der Waals surface area contributed by atoms with E-state index in [4.69, 9.17) is 0 Å². The van der Waals surface area contributed by atoms with Crippen LogP contribution in [0.4, 0.5) is 0 Å². The Balaban J connectivity index is 1.40. The molecule has 0 aromatic carbocycles. The highest BCUT2D eigenvalue weighted by atomic mass is 16.2. The lowest BCUT2D eigenvalue weighted by Crippen LogP contribution is -2.57. The van der Waals surface area contributed by atoms with Gasteiger partial charge in [-0.25, -0.2) is 0 Å². The summed E-state index contributed by atoms with van der Waals surface area (Å²) in [6.07, 6.45) is 4.99. The number of amides is 1. The zero-order valence-corrected chi connectivity index (χ0v) is 16.6. The summed E-state index contributed by atoms with van der Waals surface area (Å²) in [6.45, 7) is 12.2. The van der Waals surface area contributed by atoms with Gasteiger partial charge in [0.1, 0.15) is 0 Å². The molecule has 1 amide bonds. The van der Waals surface area contributed by atoms with Gasteiger partial charge in [0, 0.05) is 59.4 Å². The second-order valence-electron chi connectivity index (χ2n) is 7.75. The summed E-state index contributed by atoms with van der Waals surface area (Å²) in [5, 5.41) is 3.52. The molecule has 3 rings (SSSR count). The molecule has 1 N–H and O–H groups in total. The van der Waals surface area contributed by atoms with Gasteiger partial charge in [0.15, 0.2) is 5.96 Å². The number of nitrogens with one attached hydrogen (secondary N) is 1. The average Bonchev–Trinajstić information content (AvgIpc) is 3.38. The van der Waals surface area contributed by atoms with Gasteiger partial charge in [0.05, 0.1) is 6.04 Å². The van der Waals surface area contributed by atoms with Crippen LogP contribution < -0.4 is 5.32 Å². The van der Waals surface area contributed by atoms with E-state index in [1.807, 2.05) is 11.9 Å². The third-order valence-corrected chi connectivity index (χ3v) is 6.06. The quantitative estimate of drug-likeness (QED) is 0.561. The second kappa shape index (κ2) is 9.55. The molecule has 7 heteroatoms. The first-order valence-corrected chi connectivity index (χ1v) is 10.4. The molecule has 0 aromatic heterocycles. The summed E-state index contributed by atoms with van der Waals surface area (Å²) in [6, 6.07) is 0.000362. The molecule has 0 spiro atoms. The molecular formula is C19H36N6O. The number of rotatable bonds is 5. The standard InChI is InChI=1S/C19H36N6O/c1-17(18(26)24-10-5-6-11-24)23-13-15-25(16-14-23)19(20-2)21-7-12-22-8-3-4-9-22/h17H,3-16H2,1-2H3,(H,20,21). The van der Waals surface area contributed by atoms with Crippen molar-refractivity contribution >= 4 is 11.9 Å². The van der Waals surface area contributed by atoms with E-state index in [9.17, 15) is 4.79 Å². The normalized spacial score (nSPS) is 24.3. The van der Waals surface area contributed by atoms with Crippen molar-refractivity contribution in [2.75, 3.05) is 72.5 Å². The van der Waals surface area contributed by atoms with Gasteiger partial charge in [-0.1, -0.05) is 0 Å². The van der Waals surface area contributed by atoms with Crippen LogP contribution >= 0.6 is 0 Å². The Morgan fingerprint density at radius 1 is 0.923 bits per heavy atom. The Morgan fingerprint density at radius 2 is 1.54 bits per heavy atom. The van der Waals surface area contributed by atoms with Crippen LogP contribution in [0.2, 0.25) is 0 Å². The zero-order chi connectivity index (χ0) is 18.4. The summed E-state index contributed by atoms with van der Waals surface area (Å²) < 4.78 is 0. The lowest BCUT2D eigenvalue weighted by molar-refractivity contribution is -0.135. The lowest BCUT2D eigenvalue weighted by Gasteiger charge is -2.39. The number of piperazine rings is 1. The molecule has 148 valence electrons. The molecule has 3 heterocycles. The van der Waals surface area contributed by atoms with E-state index in [2.05, 4.69) is 31.9 Å². The summed E-state index contributed by atoms with van der Waals surface area (Å²) in [5.74, 6) is 1.31. The third kappa shape index (κ3) is 4.88. The topological polar surface area (TPSA) is 54.4 Å². The van der Waals surface area contributed by atoms with Gasteiger partial charge in [-0.3, -0.25) is 14.7 Å². The summed E-state index contributed by atoms with van der Waals surface area (Å²) in [5.41, 5.74) is 0. The Labute approximate surface area is 158 Å². The average molecular weight is 365 g/mol. The minimum Gasteiger partial charge on any atom is -0.355 e. The van der Waals surface area contributed by atoms with Gasteiger partial charge in [0.25, 0.3) is 0 Å². The van der Waals surface area contributed by atoms with E-state index in [-0.39, 0.29) is 6.04 Å². The van der Waals surface area contributed by atoms with Crippen LogP contribution in [-0.4, -0.2) is 110 Å². The SMILES string of the molecule is CN=C(NCCN1CCCC1)N1CCN(C(C)C(=O)N2CCCC2)CC1. The Hall–Kier alpha value is -1.34. The van der Waals surface area contributed by atoms with Crippen LogP contribution in [-0.2, 0) is 4.79 Å². The lowest BCUT2D eigenvalue weighted by atomic mass is 10.2. The van der Waals surface area contributed by atoms with Crippen molar-refractivity contribution in [1.82, 2.24) is 24.9 Å². The fourth-order valence-corrected chi connectivity index (χ4v) is 4.34. The first kappa shape index (κ1) is 19.4. The van der Waals surface area contributed by atoms with Crippen molar-refractivity contribution in [2.45, 2.75) is 38.6 Å². The van der Waals surface area contributed by atoms with Gasteiger partial charge in [-0.05, 0) is 45.7 Å². The van der Waals surface area contributed by atoms with Crippen LogP contribution in [0, 0.1) is 0 Å². The molecule has 0 saturated carbocycles. The molecule has 0 aromatic rings. The predicted molar refractivity (Wildman–Crippen MR) is 105 cm³/mol. The summed E-state index contributed by atoms with van der Waals surface area (Å²) >= 11 is 0. The number of carbonyl (C=O) groups is 1. The van der Waals surface area contributed by atoms with Crippen molar-refractivity contribution in [3.8, 4) is 0 Å². The predicted octanol–water partition coefficient (Wildman–Crippen LogP) is 0.286. The minimum absolute atomic E-state index is 0.000362. The highest BCUT2D eigenvalue weighted by Crippen LogP contribution is 2.14. The molecule has 26 heavy (non-hydrogen) atoms. The zero-order valence-electron chi connectivity index (χ0n) is 16.6. The molecule has 3 saturated heterocycles. The Morgan fingerprint density at radius 3 is 2.15 bits per heavy atom. The summed E-state index contributed by atoms with van der Waals surface area (Å²) in [7, 11) is 1.87. The highest BCUT2D eigenvalue weighted by Gasteiger charge is 2.30. The molecule has 0 aliphatic carbocycles. The van der Waals surface area contributed by atoms with Crippen molar-refractivity contribution in [3.05, 3.63) is 0 Å². The fourth-order valence-electron chi connectivity index (χ4n) is 4.34. The van der Waals surface area contributed by atoms with E-state index >= 15 is 0 Å². The molecule has 3 fully saturated rings. The van der Waals surface area contributed by atoms with E-state index < -0.39 is 0 Å². The van der Waals surface area contributed by atoms with Crippen LogP contribution in [0.15, 0.2) is 4.99 Å². The van der Waals surface area contributed by atoms with Crippen molar-refractivity contribution in [3.63, 3.8) is 0 Å². The number of hydrogen-bond donors (Lipinski definition) is 1. The van der Waals surface area contributed by atoms with Crippen molar-refractivity contribution in [1.29, 1.82) is 0 Å². The number of nitrogens with zero attached hydrogens (tertiary/aromatic N) is 5. The van der Waals surface area contributed by atoms with Gasteiger partial charge in [0.2, 0.25) is 5.91 Å². The monoisotopic (exact) mass is 364 g/mol. The number of guanidine groups is 1. The number of carbonyl (C=O) groups excluding carboxylic acids is 1. The van der Waals surface area contributed by atoms with Crippen LogP contribution in [0.1, 0.15) is 32.6 Å². The first-order valence-electron chi connectivity index (χ1n) is 10.4. The highest BCUT2D eigenvalue weighted by molar-refractivity contribution is 5.82. The molecule has 3 aliphatic heterocycles. The number of aliphatic imine (C=N–C) groups is 1. The maximum Gasteiger partial charge on any atom is 0.239 e. The third-order valence-electron chi connectivity index (χ3n) is 6.06. The van der Waals surface area contributed by atoms with Crippen molar-refractivity contribution < 1.29 is 4.79 Å². The van der Waals surface area contributed by atoms with Gasteiger partial charge >= 0.3 is 0 Å². The molecule has 7 nitrogen and oxygen atoms in total. The molecule has 1 unspecified atom stereocenters. The van der Waals surface area contributed by atoms with E-state index in [1.165, 1.54) is 25.9 Å². The fraction of sp³-hybridized carbons (Fsp3) is 0.895. The van der Waals surface area contributed by atoms with Crippen LogP contribution in [0.25, 0.3) is 0 Å². The van der Waals surface area contributed by atoms with E-state index in [0.29, 0.717) is 5.91 Å². The van der Waals surface area contributed by atoms with Gasteiger partial charge < -0.3 is 20.0 Å². The Kier molecular flexibility index (Phi) is 7.14. The van der Waals surface area contributed by atoms with Crippen LogP contribution in [0.3, 0.4) is 0 Å². The molecule has 3 aliphatic rings. The number of hydrogen-bond acceptors (Lipinski definition) is 4. The molecule has 0 radical (unpaired) electrons. The largest absolute Gasteiger partial charge is 0.355 e. The smallest absolute Gasteiger partial charge is 0.239 e. The maximum absolute atomic E-state index is 12.6.